The Labute approximate surface area is 178 Å². The number of anilines is 2. The highest BCUT2D eigenvalue weighted by molar-refractivity contribution is 7.93. The Morgan fingerprint density at radius 2 is 1.81 bits per heavy atom. The highest BCUT2D eigenvalue weighted by atomic mass is 32.2. The van der Waals surface area contributed by atoms with Crippen molar-refractivity contribution >= 4 is 59.7 Å². The number of hydrogen-bond donors (Lipinski definition) is 2. The number of nitrogens with one attached hydrogen (secondary N) is 2. The largest absolute Gasteiger partial charge is 0.339 e. The van der Waals surface area contributed by atoms with Gasteiger partial charge in [0.2, 0.25) is 9.84 Å². The summed E-state index contributed by atoms with van der Waals surface area (Å²) in [4.78, 5) is 26.1. The maximum absolute atomic E-state index is 12.9. The summed E-state index contributed by atoms with van der Waals surface area (Å²) < 4.78 is 25.7. The number of hydrogen-bond acceptors (Lipinski definition) is 9. The van der Waals surface area contributed by atoms with Crippen LogP contribution in [0.15, 0.2) is 70.2 Å². The molecule has 0 atom stereocenters. The van der Waals surface area contributed by atoms with Gasteiger partial charge in [0.25, 0.3) is 5.69 Å². The highest BCUT2D eigenvalue weighted by Gasteiger charge is 2.22. The van der Waals surface area contributed by atoms with E-state index < -0.39 is 14.8 Å². The summed E-state index contributed by atoms with van der Waals surface area (Å²) in [6, 6.07) is 12.4. The first-order chi connectivity index (χ1) is 14.9. The molecule has 2 aromatic carbocycles. The predicted molar refractivity (Wildman–Crippen MR) is 115 cm³/mol. The van der Waals surface area contributed by atoms with E-state index in [1.54, 1.807) is 0 Å². The van der Waals surface area contributed by atoms with Gasteiger partial charge in [-0.3, -0.25) is 10.1 Å². The fraction of sp³-hybridized carbons (Fsp3) is 0. The molecule has 2 N–H and O–H groups in total. The Hall–Kier alpha value is -3.90. The average Bonchev–Trinajstić information content (AvgIpc) is 3.39. The quantitative estimate of drug-likeness (QED) is 0.300. The van der Waals surface area contributed by atoms with Gasteiger partial charge in [-0.25, -0.2) is 23.4 Å². The van der Waals surface area contributed by atoms with E-state index in [9.17, 15) is 18.5 Å². The molecule has 0 fully saturated rings. The standard InChI is InChI=1S/C19H12N6O4S2/c26-25(27)11-5-7-12(8-6-11)31(28,29)15-9-20-19(30-15)24-18-16-13-3-1-2-4-14(13)23-17(16)21-10-22-18/h1-10H,(H2,20,21,22,23,24). The normalized spacial score (nSPS) is 11.7. The lowest BCUT2D eigenvalue weighted by molar-refractivity contribution is -0.384. The van der Waals surface area contributed by atoms with E-state index in [1.807, 2.05) is 24.3 Å². The number of non-ortho nitro benzene ring substituents is 1. The van der Waals surface area contributed by atoms with Crippen LogP contribution in [0.4, 0.5) is 16.6 Å². The summed E-state index contributed by atoms with van der Waals surface area (Å²) in [6.07, 6.45) is 2.65. The fourth-order valence-electron chi connectivity index (χ4n) is 3.17. The second-order valence-electron chi connectivity index (χ2n) is 6.48. The van der Waals surface area contributed by atoms with E-state index in [-0.39, 0.29) is 14.8 Å². The lowest BCUT2D eigenvalue weighted by Crippen LogP contribution is -1.99. The molecule has 0 unspecified atom stereocenters. The van der Waals surface area contributed by atoms with Gasteiger partial charge in [0, 0.05) is 23.0 Å². The van der Waals surface area contributed by atoms with Gasteiger partial charge in [0.15, 0.2) is 5.13 Å². The first-order valence-electron chi connectivity index (χ1n) is 8.87. The number of sulfone groups is 1. The van der Waals surface area contributed by atoms with Gasteiger partial charge in [0.1, 0.15) is 22.0 Å². The van der Waals surface area contributed by atoms with Gasteiger partial charge in [0.05, 0.1) is 21.4 Å². The van der Waals surface area contributed by atoms with E-state index in [1.165, 1.54) is 24.7 Å². The van der Waals surface area contributed by atoms with Crippen LogP contribution in [0.3, 0.4) is 0 Å². The Morgan fingerprint density at radius 1 is 1.03 bits per heavy atom. The Balaban J connectivity index is 1.49. The number of para-hydroxylation sites is 1. The van der Waals surface area contributed by atoms with Gasteiger partial charge < -0.3 is 10.3 Å². The number of nitrogens with zero attached hydrogens (tertiary/aromatic N) is 4. The van der Waals surface area contributed by atoms with E-state index in [2.05, 4.69) is 25.3 Å². The minimum absolute atomic E-state index is 0.00748. The Morgan fingerprint density at radius 3 is 2.58 bits per heavy atom. The molecule has 0 amide bonds. The average molecular weight is 452 g/mol. The van der Waals surface area contributed by atoms with Crippen LogP contribution in [0, 0.1) is 10.1 Å². The number of aromatic nitrogens is 4. The summed E-state index contributed by atoms with van der Waals surface area (Å²) in [6.45, 7) is 0. The molecule has 0 bridgehead atoms. The second-order valence-corrected chi connectivity index (χ2v) is 9.69. The number of thiazole rings is 1. The molecule has 0 saturated heterocycles. The number of fused-ring (bicyclic) bond motifs is 3. The third-order valence-electron chi connectivity index (χ3n) is 4.63. The van der Waals surface area contributed by atoms with Crippen LogP contribution in [0.2, 0.25) is 0 Å². The fourth-order valence-corrected chi connectivity index (χ4v) is 5.61. The number of nitro benzene ring substituents is 1. The zero-order valence-corrected chi connectivity index (χ0v) is 17.1. The van der Waals surface area contributed by atoms with Crippen LogP contribution in [0.1, 0.15) is 0 Å². The van der Waals surface area contributed by atoms with Gasteiger partial charge in [-0.1, -0.05) is 29.5 Å². The molecule has 10 nitrogen and oxygen atoms in total. The molecule has 3 heterocycles. The van der Waals surface area contributed by atoms with E-state index in [0.29, 0.717) is 16.6 Å². The topological polar surface area (TPSA) is 144 Å². The van der Waals surface area contributed by atoms with Crippen molar-refractivity contribution in [3.63, 3.8) is 0 Å². The monoisotopic (exact) mass is 452 g/mol. The van der Waals surface area contributed by atoms with Gasteiger partial charge in [-0.05, 0) is 18.2 Å². The number of nitro groups is 1. The summed E-state index contributed by atoms with van der Waals surface area (Å²) in [7, 11) is -3.86. The van der Waals surface area contributed by atoms with Crippen LogP contribution in [-0.2, 0) is 9.84 Å². The first kappa shape index (κ1) is 19.1. The molecular formula is C19H12N6O4S2. The molecule has 0 spiro atoms. The summed E-state index contributed by atoms with van der Waals surface area (Å²) in [5, 5.41) is 15.9. The van der Waals surface area contributed by atoms with Gasteiger partial charge in [-0.2, -0.15) is 0 Å². The van der Waals surface area contributed by atoms with E-state index >= 15 is 0 Å². The summed E-state index contributed by atoms with van der Waals surface area (Å²) >= 11 is 0.942. The van der Waals surface area contributed by atoms with Gasteiger partial charge >= 0.3 is 0 Å². The predicted octanol–water partition coefficient (Wildman–Crippen LogP) is 4.05. The molecule has 0 aliphatic carbocycles. The number of benzene rings is 2. The van der Waals surface area contributed by atoms with E-state index in [4.69, 9.17) is 0 Å². The molecule has 154 valence electrons. The molecule has 0 aliphatic rings. The third kappa shape index (κ3) is 3.27. The van der Waals surface area contributed by atoms with Crippen LogP contribution >= 0.6 is 11.3 Å². The van der Waals surface area contributed by atoms with Crippen molar-refractivity contribution in [2.45, 2.75) is 9.10 Å². The zero-order chi connectivity index (χ0) is 21.6. The molecule has 0 aliphatic heterocycles. The van der Waals surface area contributed by atoms with Crippen molar-refractivity contribution in [2.24, 2.45) is 0 Å². The lowest BCUT2D eigenvalue weighted by Gasteiger charge is -2.03. The number of H-pyrrole nitrogens is 1. The minimum atomic E-state index is -3.86. The smallest absolute Gasteiger partial charge is 0.269 e. The van der Waals surface area contributed by atoms with Crippen molar-refractivity contribution < 1.29 is 13.3 Å². The Kier molecular flexibility index (Phi) is 4.38. The molecule has 5 rings (SSSR count). The van der Waals surface area contributed by atoms with Crippen LogP contribution in [0.5, 0.6) is 0 Å². The number of aromatic amines is 1. The van der Waals surface area contributed by atoms with Crippen molar-refractivity contribution in [1.29, 1.82) is 0 Å². The van der Waals surface area contributed by atoms with Crippen LogP contribution in [0.25, 0.3) is 21.9 Å². The molecule has 3 aromatic heterocycles. The third-order valence-corrected chi connectivity index (χ3v) is 7.77. The van der Waals surface area contributed by atoms with Crippen molar-refractivity contribution in [1.82, 2.24) is 19.9 Å². The van der Waals surface area contributed by atoms with Crippen molar-refractivity contribution in [2.75, 3.05) is 5.32 Å². The van der Waals surface area contributed by atoms with Gasteiger partial charge in [-0.15, -0.1) is 0 Å². The molecule has 0 radical (unpaired) electrons. The first-order valence-corrected chi connectivity index (χ1v) is 11.2. The lowest BCUT2D eigenvalue weighted by atomic mass is 10.2. The van der Waals surface area contributed by atoms with Crippen molar-refractivity contribution in [3.05, 3.63) is 71.2 Å². The summed E-state index contributed by atoms with van der Waals surface area (Å²) in [5.74, 6) is 0.496. The molecule has 0 saturated carbocycles. The molecule has 12 heteroatoms. The zero-order valence-electron chi connectivity index (χ0n) is 15.5. The van der Waals surface area contributed by atoms with E-state index in [0.717, 1.165) is 39.8 Å². The Bertz CT molecular complexity index is 1560. The molecule has 5 aromatic rings. The van der Waals surface area contributed by atoms with Crippen LogP contribution < -0.4 is 5.32 Å². The maximum Gasteiger partial charge on any atom is 0.269 e. The maximum atomic E-state index is 12.9. The van der Waals surface area contributed by atoms with Crippen LogP contribution in [-0.4, -0.2) is 33.3 Å². The summed E-state index contributed by atoms with van der Waals surface area (Å²) in [5.41, 5.74) is 1.37. The SMILES string of the molecule is O=[N+]([O-])c1ccc(S(=O)(=O)c2cnc(Nc3ncnc4[nH]c5ccccc5c34)s2)cc1. The number of rotatable bonds is 5. The minimum Gasteiger partial charge on any atom is -0.339 e. The molecule has 31 heavy (non-hydrogen) atoms. The second kappa shape index (κ2) is 7.11. The highest BCUT2D eigenvalue weighted by Crippen LogP contribution is 2.34. The molecular weight excluding hydrogens is 440 g/mol. The van der Waals surface area contributed by atoms with Crippen molar-refractivity contribution in [3.8, 4) is 0 Å².